The zero-order chi connectivity index (χ0) is 14.8. The van der Waals surface area contributed by atoms with Crippen LogP contribution in [0.25, 0.3) is 0 Å². The molecule has 7 heteroatoms. The number of halogens is 1. The number of nitrogens with one attached hydrogen (secondary N) is 2. The van der Waals surface area contributed by atoms with Gasteiger partial charge in [0.05, 0.1) is 6.54 Å². The highest BCUT2D eigenvalue weighted by atomic mass is 79.9. The second-order valence-corrected chi connectivity index (χ2v) is 7.68. The summed E-state index contributed by atoms with van der Waals surface area (Å²) in [6.45, 7) is 5.38. The second kappa shape index (κ2) is 6.60. The van der Waals surface area contributed by atoms with E-state index in [9.17, 15) is 8.42 Å². The summed E-state index contributed by atoms with van der Waals surface area (Å²) in [6, 6.07) is 1.55. The lowest BCUT2D eigenvalue weighted by Crippen LogP contribution is -2.34. The maximum Gasteiger partial charge on any atom is 0.245 e. The summed E-state index contributed by atoms with van der Waals surface area (Å²) < 4.78 is 33.1. The molecule has 1 aliphatic carbocycles. The number of furan rings is 1. The standard InChI is InChI=1S/C13H21BrN2O3S/c1-3-6-15-8-11-7-12(13(14)19-11)20(17,18)16-9(2)10-4-5-10/h7,9-10,15-16H,3-6,8H2,1-2H3. The first-order valence-corrected chi connectivity index (χ1v) is 9.23. The Bertz CT molecular complexity index is 552. The third-order valence-corrected chi connectivity index (χ3v) is 5.81. The Morgan fingerprint density at radius 2 is 2.20 bits per heavy atom. The molecule has 0 amide bonds. The van der Waals surface area contributed by atoms with Gasteiger partial charge in [-0.2, -0.15) is 0 Å². The highest BCUT2D eigenvalue weighted by Gasteiger charge is 2.32. The van der Waals surface area contributed by atoms with E-state index in [-0.39, 0.29) is 15.6 Å². The van der Waals surface area contributed by atoms with Crippen LogP contribution in [-0.2, 0) is 16.6 Å². The van der Waals surface area contributed by atoms with Crippen LogP contribution in [0.5, 0.6) is 0 Å². The summed E-state index contributed by atoms with van der Waals surface area (Å²) in [5.74, 6) is 1.09. The van der Waals surface area contributed by atoms with Crippen molar-refractivity contribution in [1.29, 1.82) is 0 Å². The van der Waals surface area contributed by atoms with Crippen LogP contribution in [0.1, 0.15) is 38.9 Å². The molecule has 2 N–H and O–H groups in total. The predicted molar refractivity (Wildman–Crippen MR) is 80.9 cm³/mol. The lowest BCUT2D eigenvalue weighted by molar-refractivity contribution is 0.460. The van der Waals surface area contributed by atoms with Gasteiger partial charge in [-0.05, 0) is 54.6 Å². The molecule has 1 fully saturated rings. The minimum atomic E-state index is -3.52. The van der Waals surface area contributed by atoms with Crippen LogP contribution < -0.4 is 10.0 Å². The monoisotopic (exact) mass is 364 g/mol. The zero-order valence-electron chi connectivity index (χ0n) is 11.8. The van der Waals surface area contributed by atoms with Crippen LogP contribution in [0.3, 0.4) is 0 Å². The first kappa shape index (κ1) is 16.0. The van der Waals surface area contributed by atoms with Crippen molar-refractivity contribution in [3.63, 3.8) is 0 Å². The molecule has 0 spiro atoms. The van der Waals surface area contributed by atoms with E-state index in [1.54, 1.807) is 6.07 Å². The molecule has 1 atom stereocenters. The van der Waals surface area contributed by atoms with E-state index >= 15 is 0 Å². The smallest absolute Gasteiger partial charge is 0.245 e. The van der Waals surface area contributed by atoms with Gasteiger partial charge in [-0.25, -0.2) is 13.1 Å². The third-order valence-electron chi connectivity index (χ3n) is 3.39. The third kappa shape index (κ3) is 4.07. The molecule has 0 saturated heterocycles. The molecule has 114 valence electrons. The van der Waals surface area contributed by atoms with Gasteiger partial charge in [0.15, 0.2) is 4.67 Å². The molecule has 1 aromatic heterocycles. The summed E-state index contributed by atoms with van der Waals surface area (Å²) in [5.41, 5.74) is 0. The van der Waals surface area contributed by atoms with Crippen molar-refractivity contribution in [2.24, 2.45) is 5.92 Å². The Balaban J connectivity index is 2.06. The molecule has 0 aliphatic heterocycles. The summed E-state index contributed by atoms with van der Waals surface area (Å²) in [7, 11) is -3.52. The van der Waals surface area contributed by atoms with Crippen LogP contribution in [0, 0.1) is 5.92 Å². The molecule has 1 unspecified atom stereocenters. The average Bonchev–Trinajstić information content (AvgIpc) is 3.13. The molecular formula is C13H21BrN2O3S. The van der Waals surface area contributed by atoms with Crippen molar-refractivity contribution < 1.29 is 12.8 Å². The number of hydrogen-bond acceptors (Lipinski definition) is 4. The molecule has 0 aromatic carbocycles. The van der Waals surface area contributed by atoms with Gasteiger partial charge in [0.1, 0.15) is 10.7 Å². The van der Waals surface area contributed by atoms with Crippen molar-refractivity contribution in [2.45, 2.75) is 50.6 Å². The van der Waals surface area contributed by atoms with Crippen LogP contribution >= 0.6 is 15.9 Å². The Labute approximate surface area is 128 Å². The van der Waals surface area contributed by atoms with Gasteiger partial charge in [-0.3, -0.25) is 0 Å². The average molecular weight is 365 g/mol. The van der Waals surface area contributed by atoms with Crippen LogP contribution in [-0.4, -0.2) is 21.0 Å². The first-order valence-electron chi connectivity index (χ1n) is 6.95. The molecule has 2 rings (SSSR count). The van der Waals surface area contributed by atoms with Crippen molar-refractivity contribution in [2.75, 3.05) is 6.54 Å². The normalized spacial score (nSPS) is 17.4. The van der Waals surface area contributed by atoms with Gasteiger partial charge in [-0.1, -0.05) is 6.92 Å². The lowest BCUT2D eigenvalue weighted by Gasteiger charge is -2.12. The van der Waals surface area contributed by atoms with E-state index < -0.39 is 10.0 Å². The van der Waals surface area contributed by atoms with Crippen LogP contribution in [0.4, 0.5) is 0 Å². The Hall–Kier alpha value is -0.370. The molecule has 1 saturated carbocycles. The molecule has 1 heterocycles. The molecule has 1 aliphatic rings. The van der Waals surface area contributed by atoms with Gasteiger partial charge in [-0.15, -0.1) is 0 Å². The summed E-state index contributed by atoms with van der Waals surface area (Å²) in [4.78, 5) is 0.179. The maximum absolute atomic E-state index is 12.3. The van der Waals surface area contributed by atoms with Gasteiger partial charge >= 0.3 is 0 Å². The van der Waals surface area contributed by atoms with Gasteiger partial charge in [0.2, 0.25) is 10.0 Å². The predicted octanol–water partition coefficient (Wildman–Crippen LogP) is 2.62. The van der Waals surface area contributed by atoms with Gasteiger partial charge in [0.25, 0.3) is 0 Å². The molecule has 1 aromatic rings. The van der Waals surface area contributed by atoms with E-state index in [1.165, 1.54) is 0 Å². The number of rotatable bonds is 8. The van der Waals surface area contributed by atoms with Crippen molar-refractivity contribution in [1.82, 2.24) is 10.0 Å². The number of sulfonamides is 1. The van der Waals surface area contributed by atoms with Gasteiger partial charge in [0, 0.05) is 12.1 Å². The molecule has 0 bridgehead atoms. The topological polar surface area (TPSA) is 71.3 Å². The second-order valence-electron chi connectivity index (χ2n) is 5.27. The number of hydrogen-bond donors (Lipinski definition) is 2. The van der Waals surface area contributed by atoms with Crippen LogP contribution in [0.2, 0.25) is 0 Å². The van der Waals surface area contributed by atoms with Gasteiger partial charge < -0.3 is 9.73 Å². The molecule has 20 heavy (non-hydrogen) atoms. The van der Waals surface area contributed by atoms with Crippen molar-refractivity contribution in [3.05, 3.63) is 16.5 Å². The summed E-state index contributed by atoms with van der Waals surface area (Å²) in [6.07, 6.45) is 3.22. The SMILES string of the molecule is CCCNCc1cc(S(=O)(=O)NC(C)C2CC2)c(Br)o1. The Kier molecular flexibility index (Phi) is 5.28. The largest absolute Gasteiger partial charge is 0.452 e. The fourth-order valence-corrected chi connectivity index (χ4v) is 4.37. The summed E-state index contributed by atoms with van der Waals surface area (Å²) >= 11 is 3.19. The minimum Gasteiger partial charge on any atom is -0.452 e. The minimum absolute atomic E-state index is 0.0246. The van der Waals surface area contributed by atoms with E-state index in [0.717, 1.165) is 25.8 Å². The maximum atomic E-state index is 12.3. The molecule has 5 nitrogen and oxygen atoms in total. The molecular weight excluding hydrogens is 344 g/mol. The van der Waals surface area contributed by atoms with E-state index in [0.29, 0.717) is 18.2 Å². The van der Waals surface area contributed by atoms with E-state index in [1.807, 2.05) is 6.92 Å². The fourth-order valence-electron chi connectivity index (χ4n) is 2.06. The Morgan fingerprint density at radius 1 is 1.50 bits per heavy atom. The highest BCUT2D eigenvalue weighted by molar-refractivity contribution is 9.10. The quantitative estimate of drug-likeness (QED) is 0.695. The van der Waals surface area contributed by atoms with Crippen molar-refractivity contribution in [3.8, 4) is 0 Å². The molecule has 0 radical (unpaired) electrons. The van der Waals surface area contributed by atoms with E-state index in [2.05, 4.69) is 32.9 Å². The first-order chi connectivity index (χ1) is 9.44. The Morgan fingerprint density at radius 3 is 2.80 bits per heavy atom. The fraction of sp³-hybridized carbons (Fsp3) is 0.692. The van der Waals surface area contributed by atoms with Crippen LogP contribution in [0.15, 0.2) is 20.0 Å². The highest BCUT2D eigenvalue weighted by Crippen LogP contribution is 2.34. The summed E-state index contributed by atoms with van der Waals surface area (Å²) in [5, 5.41) is 3.18. The van der Waals surface area contributed by atoms with Crippen molar-refractivity contribution >= 4 is 26.0 Å². The zero-order valence-corrected chi connectivity index (χ0v) is 14.2. The lowest BCUT2D eigenvalue weighted by atomic mass is 10.2. The van der Waals surface area contributed by atoms with E-state index in [4.69, 9.17) is 4.42 Å².